The molecule has 0 atom stereocenters. The maximum Gasteiger partial charge on any atom is 0.339 e. The van der Waals surface area contributed by atoms with E-state index in [4.69, 9.17) is 5.14 Å². The fourth-order valence-corrected chi connectivity index (χ4v) is 2.94. The number of carbonyl (C=O) groups is 1. The van der Waals surface area contributed by atoms with Crippen molar-refractivity contribution in [2.45, 2.75) is 23.7 Å². The van der Waals surface area contributed by atoms with Crippen molar-refractivity contribution in [2.75, 3.05) is 0 Å². The smallest absolute Gasteiger partial charge is 0.339 e. The molecule has 1 aliphatic rings. The van der Waals surface area contributed by atoms with Crippen LogP contribution in [0, 0.1) is 0 Å². The Kier molecular flexibility index (Phi) is 3.07. The second-order valence-corrected chi connectivity index (χ2v) is 6.49. The van der Waals surface area contributed by atoms with E-state index in [0.29, 0.717) is 5.69 Å². The molecular weight excluding hydrogens is 294 g/mol. The third kappa shape index (κ3) is 2.55. The van der Waals surface area contributed by atoms with Crippen LogP contribution in [0.15, 0.2) is 35.4 Å². The van der Waals surface area contributed by atoms with E-state index in [0.717, 1.165) is 12.8 Å². The fourth-order valence-electron chi connectivity index (χ4n) is 2.22. The maximum atomic E-state index is 11.6. The van der Waals surface area contributed by atoms with Crippen molar-refractivity contribution < 1.29 is 18.3 Å². The van der Waals surface area contributed by atoms with Crippen LogP contribution in [-0.2, 0) is 10.0 Å². The van der Waals surface area contributed by atoms with Gasteiger partial charge in [0.25, 0.3) is 0 Å². The number of carboxylic acids is 1. The summed E-state index contributed by atoms with van der Waals surface area (Å²) in [5.74, 6) is -0.935. The number of benzene rings is 1. The number of primary sulfonamides is 1. The molecule has 1 aliphatic carbocycles. The minimum atomic E-state index is -3.92. The highest BCUT2D eigenvalue weighted by Crippen LogP contribution is 2.41. The highest BCUT2D eigenvalue weighted by Gasteiger charge is 2.32. The van der Waals surface area contributed by atoms with Gasteiger partial charge in [-0.05, 0) is 25.0 Å². The summed E-state index contributed by atoms with van der Waals surface area (Å²) in [6.07, 6.45) is 3.13. The van der Waals surface area contributed by atoms with Crippen molar-refractivity contribution in [3.8, 4) is 5.69 Å². The lowest BCUT2D eigenvalue weighted by molar-refractivity contribution is 0.0695. The Hall–Kier alpha value is -2.19. The molecule has 0 amide bonds. The van der Waals surface area contributed by atoms with Crippen molar-refractivity contribution in [2.24, 2.45) is 5.14 Å². The van der Waals surface area contributed by atoms with Gasteiger partial charge in [0.15, 0.2) is 0 Å². The average molecular weight is 307 g/mol. The Labute approximate surface area is 121 Å². The van der Waals surface area contributed by atoms with Crippen molar-refractivity contribution in [3.63, 3.8) is 0 Å². The lowest BCUT2D eigenvalue weighted by atomic mass is 10.2. The van der Waals surface area contributed by atoms with E-state index in [-0.39, 0.29) is 22.1 Å². The molecule has 0 unspecified atom stereocenters. The van der Waals surface area contributed by atoms with E-state index < -0.39 is 16.0 Å². The van der Waals surface area contributed by atoms with Gasteiger partial charge < -0.3 is 5.11 Å². The minimum absolute atomic E-state index is 0.0909. The van der Waals surface area contributed by atoms with Gasteiger partial charge in [-0.1, -0.05) is 12.1 Å². The van der Waals surface area contributed by atoms with Gasteiger partial charge in [0.05, 0.1) is 11.4 Å². The molecular formula is C13H13N3O4S. The number of aromatic nitrogens is 2. The number of rotatable bonds is 4. The molecule has 1 aromatic heterocycles. The molecule has 0 radical (unpaired) electrons. The van der Waals surface area contributed by atoms with Crippen LogP contribution in [0.1, 0.15) is 34.8 Å². The van der Waals surface area contributed by atoms with E-state index in [9.17, 15) is 18.3 Å². The highest BCUT2D eigenvalue weighted by atomic mass is 32.2. The molecule has 8 heteroatoms. The molecule has 1 heterocycles. The number of nitrogens with two attached hydrogens (primary N) is 1. The average Bonchev–Trinajstić information content (AvgIpc) is 3.16. The van der Waals surface area contributed by atoms with Gasteiger partial charge in [-0.3, -0.25) is 0 Å². The second-order valence-electron chi connectivity index (χ2n) is 4.96. The normalized spacial score (nSPS) is 15.1. The molecule has 0 bridgehead atoms. The SMILES string of the molecule is NS(=O)(=O)c1ccccc1-n1cc(C(=O)O)c(C2CC2)n1. The van der Waals surface area contributed by atoms with Crippen LogP contribution in [0.4, 0.5) is 0 Å². The third-order valence-electron chi connectivity index (χ3n) is 3.36. The number of hydrogen-bond acceptors (Lipinski definition) is 4. The molecule has 1 fully saturated rings. The summed E-state index contributed by atoms with van der Waals surface area (Å²) < 4.78 is 24.5. The van der Waals surface area contributed by atoms with Crippen LogP contribution in [0.3, 0.4) is 0 Å². The van der Waals surface area contributed by atoms with E-state index in [1.54, 1.807) is 12.1 Å². The summed E-state index contributed by atoms with van der Waals surface area (Å²) in [6, 6.07) is 6.09. The van der Waals surface area contributed by atoms with Gasteiger partial charge in [-0.15, -0.1) is 0 Å². The van der Waals surface area contributed by atoms with Crippen molar-refractivity contribution in [1.82, 2.24) is 9.78 Å². The molecule has 2 aromatic rings. The van der Waals surface area contributed by atoms with Crippen molar-refractivity contribution >= 4 is 16.0 Å². The first-order valence-corrected chi connectivity index (χ1v) is 7.87. The van der Waals surface area contributed by atoms with Crippen molar-refractivity contribution in [1.29, 1.82) is 0 Å². The zero-order valence-electron chi connectivity index (χ0n) is 10.9. The number of hydrogen-bond donors (Lipinski definition) is 2. The number of para-hydroxylation sites is 1. The first-order valence-electron chi connectivity index (χ1n) is 6.33. The summed E-state index contributed by atoms with van der Waals surface area (Å²) in [5, 5.41) is 18.7. The van der Waals surface area contributed by atoms with Crippen LogP contribution in [0.2, 0.25) is 0 Å². The molecule has 1 aromatic carbocycles. The topological polar surface area (TPSA) is 115 Å². The monoisotopic (exact) mass is 307 g/mol. The summed E-state index contributed by atoms with van der Waals surface area (Å²) >= 11 is 0. The number of sulfonamides is 1. The molecule has 1 saturated carbocycles. The largest absolute Gasteiger partial charge is 0.478 e. The lowest BCUT2D eigenvalue weighted by Gasteiger charge is -2.07. The first kappa shape index (κ1) is 13.8. The standard InChI is InChI=1S/C13H13N3O4S/c14-21(19,20)11-4-2-1-3-10(11)16-7-9(13(17)18)12(15-16)8-5-6-8/h1-4,7-8H,5-6H2,(H,17,18)(H2,14,19,20). The molecule has 110 valence electrons. The van der Waals surface area contributed by atoms with E-state index in [2.05, 4.69) is 5.10 Å². The molecule has 0 aliphatic heterocycles. The number of nitrogens with zero attached hydrogens (tertiary/aromatic N) is 2. The molecule has 0 spiro atoms. The molecule has 3 rings (SSSR count). The van der Waals surface area contributed by atoms with Gasteiger partial charge in [0, 0.05) is 12.1 Å². The van der Waals surface area contributed by atoms with Crippen LogP contribution in [0.25, 0.3) is 5.69 Å². The molecule has 0 saturated heterocycles. The minimum Gasteiger partial charge on any atom is -0.478 e. The summed E-state index contributed by atoms with van der Waals surface area (Å²) in [5.41, 5.74) is 0.836. The Morgan fingerprint density at radius 3 is 2.57 bits per heavy atom. The molecule has 7 nitrogen and oxygen atoms in total. The van der Waals surface area contributed by atoms with Crippen LogP contribution >= 0.6 is 0 Å². The van der Waals surface area contributed by atoms with Gasteiger partial charge in [-0.25, -0.2) is 23.0 Å². The van der Waals surface area contributed by atoms with Gasteiger partial charge in [0.1, 0.15) is 10.5 Å². The molecule has 3 N–H and O–H groups in total. The quantitative estimate of drug-likeness (QED) is 0.877. The Morgan fingerprint density at radius 1 is 1.33 bits per heavy atom. The number of aromatic carboxylic acids is 1. The van der Waals surface area contributed by atoms with Crippen LogP contribution < -0.4 is 5.14 Å². The maximum absolute atomic E-state index is 11.6. The zero-order chi connectivity index (χ0) is 15.2. The number of carboxylic acid groups (broad SMARTS) is 1. The summed E-state index contributed by atoms with van der Waals surface area (Å²) in [4.78, 5) is 11.2. The summed E-state index contributed by atoms with van der Waals surface area (Å²) in [7, 11) is -3.92. The van der Waals surface area contributed by atoms with Crippen molar-refractivity contribution in [3.05, 3.63) is 41.7 Å². The lowest BCUT2D eigenvalue weighted by Crippen LogP contribution is -2.15. The Morgan fingerprint density at radius 2 is 2.00 bits per heavy atom. The van der Waals surface area contributed by atoms with E-state index in [1.165, 1.54) is 23.0 Å². The fraction of sp³-hybridized carbons (Fsp3) is 0.231. The first-order chi connectivity index (χ1) is 9.88. The molecule has 21 heavy (non-hydrogen) atoms. The Bertz CT molecular complexity index is 822. The van der Waals surface area contributed by atoms with Gasteiger partial charge in [0.2, 0.25) is 10.0 Å². The predicted molar refractivity (Wildman–Crippen MR) is 73.9 cm³/mol. The van der Waals surface area contributed by atoms with E-state index in [1.807, 2.05) is 0 Å². The van der Waals surface area contributed by atoms with Crippen LogP contribution in [0.5, 0.6) is 0 Å². The zero-order valence-corrected chi connectivity index (χ0v) is 11.7. The highest BCUT2D eigenvalue weighted by molar-refractivity contribution is 7.89. The Balaban J connectivity index is 2.18. The predicted octanol–water partition coefficient (Wildman–Crippen LogP) is 1.10. The third-order valence-corrected chi connectivity index (χ3v) is 4.31. The van der Waals surface area contributed by atoms with E-state index >= 15 is 0 Å². The van der Waals surface area contributed by atoms with Crippen LogP contribution in [-0.4, -0.2) is 29.3 Å². The van der Waals surface area contributed by atoms with Gasteiger partial charge in [-0.2, -0.15) is 5.10 Å². The second kappa shape index (κ2) is 4.68. The van der Waals surface area contributed by atoms with Gasteiger partial charge >= 0.3 is 5.97 Å². The summed E-state index contributed by atoms with van der Waals surface area (Å²) in [6.45, 7) is 0.